The first-order chi connectivity index (χ1) is 9.24. The zero-order valence-electron chi connectivity index (χ0n) is 12.2. The van der Waals surface area contributed by atoms with Crippen LogP contribution in [0.5, 0.6) is 0 Å². The zero-order chi connectivity index (χ0) is 14.9. The molecular weight excluding hydrogens is 326 g/mol. The van der Waals surface area contributed by atoms with Gasteiger partial charge in [0.1, 0.15) is 11.3 Å². The highest BCUT2D eigenvalue weighted by molar-refractivity contribution is 9.10. The number of rotatable bonds is 3. The first-order valence-corrected chi connectivity index (χ1v) is 7.31. The van der Waals surface area contributed by atoms with Gasteiger partial charge in [-0.2, -0.15) is 5.10 Å². The van der Waals surface area contributed by atoms with Crippen molar-refractivity contribution in [3.63, 3.8) is 0 Å². The van der Waals surface area contributed by atoms with E-state index in [1.807, 2.05) is 34.0 Å². The molecule has 0 atom stereocenters. The van der Waals surface area contributed by atoms with Crippen molar-refractivity contribution >= 4 is 22.0 Å². The molecule has 2 rings (SSSR count). The number of aromatic nitrogens is 2. The van der Waals surface area contributed by atoms with Crippen LogP contribution in [0.15, 0.2) is 10.7 Å². The number of carbonyl (C=O) groups excluding carboxylic acids is 1. The summed E-state index contributed by atoms with van der Waals surface area (Å²) in [7, 11) is 1.86. The van der Waals surface area contributed by atoms with Gasteiger partial charge in [-0.3, -0.25) is 4.68 Å². The molecule has 7 heteroatoms. The molecule has 20 heavy (non-hydrogen) atoms. The fourth-order valence-corrected chi connectivity index (χ4v) is 2.31. The lowest BCUT2D eigenvalue weighted by molar-refractivity contribution is -0.0699. The summed E-state index contributed by atoms with van der Waals surface area (Å²) >= 11 is 3.43. The van der Waals surface area contributed by atoms with Gasteiger partial charge in [0.2, 0.25) is 0 Å². The first kappa shape index (κ1) is 15.3. The van der Waals surface area contributed by atoms with E-state index < -0.39 is 5.60 Å². The van der Waals surface area contributed by atoms with Gasteiger partial charge in [-0.05, 0) is 36.7 Å². The first-order valence-electron chi connectivity index (χ1n) is 6.52. The van der Waals surface area contributed by atoms with E-state index in [1.54, 1.807) is 9.58 Å². The number of hydrogen-bond donors (Lipinski definition) is 0. The van der Waals surface area contributed by atoms with Gasteiger partial charge >= 0.3 is 6.09 Å². The van der Waals surface area contributed by atoms with Crippen LogP contribution in [0.25, 0.3) is 0 Å². The van der Waals surface area contributed by atoms with Crippen molar-refractivity contribution in [3.05, 3.63) is 16.4 Å². The molecule has 0 aliphatic carbocycles. The SMILES string of the molecule is Cn1cc(Br)c(COC2CN(C(=O)OC(C)(C)C)C2)n1. The van der Waals surface area contributed by atoms with Crippen LogP contribution >= 0.6 is 15.9 Å². The topological polar surface area (TPSA) is 56.6 Å². The molecular formula is C13H20BrN3O3. The van der Waals surface area contributed by atoms with Gasteiger partial charge in [0.05, 0.1) is 30.3 Å². The van der Waals surface area contributed by atoms with E-state index in [0.29, 0.717) is 19.7 Å². The normalized spacial score (nSPS) is 16.1. The van der Waals surface area contributed by atoms with E-state index in [-0.39, 0.29) is 12.2 Å². The van der Waals surface area contributed by atoms with E-state index in [4.69, 9.17) is 9.47 Å². The molecule has 1 saturated heterocycles. The molecule has 1 aromatic rings. The minimum Gasteiger partial charge on any atom is -0.444 e. The molecule has 0 unspecified atom stereocenters. The maximum absolute atomic E-state index is 11.7. The molecule has 0 N–H and O–H groups in total. The molecule has 1 aromatic heterocycles. The number of likely N-dealkylation sites (tertiary alicyclic amines) is 1. The summed E-state index contributed by atoms with van der Waals surface area (Å²) in [5.74, 6) is 0. The maximum atomic E-state index is 11.7. The Morgan fingerprint density at radius 1 is 1.50 bits per heavy atom. The van der Waals surface area contributed by atoms with Gasteiger partial charge < -0.3 is 14.4 Å². The van der Waals surface area contributed by atoms with Crippen molar-refractivity contribution < 1.29 is 14.3 Å². The van der Waals surface area contributed by atoms with Crippen LogP contribution in [0.2, 0.25) is 0 Å². The highest BCUT2D eigenvalue weighted by Crippen LogP contribution is 2.20. The Morgan fingerprint density at radius 3 is 2.65 bits per heavy atom. The average molecular weight is 346 g/mol. The molecule has 0 radical (unpaired) electrons. The molecule has 6 nitrogen and oxygen atoms in total. The van der Waals surface area contributed by atoms with Gasteiger partial charge in [0.15, 0.2) is 0 Å². The number of hydrogen-bond acceptors (Lipinski definition) is 4. The average Bonchev–Trinajstić information content (AvgIpc) is 2.52. The number of halogens is 1. The summed E-state index contributed by atoms with van der Waals surface area (Å²) in [5.41, 5.74) is 0.408. The smallest absolute Gasteiger partial charge is 0.410 e. The van der Waals surface area contributed by atoms with Crippen LogP contribution in [0, 0.1) is 0 Å². The Bertz CT molecular complexity index is 490. The Morgan fingerprint density at radius 2 is 2.15 bits per heavy atom. The molecule has 1 fully saturated rings. The van der Waals surface area contributed by atoms with Crippen LogP contribution in [0.4, 0.5) is 4.79 Å². The molecule has 1 aliphatic heterocycles. The van der Waals surface area contributed by atoms with Crippen molar-refractivity contribution in [2.24, 2.45) is 7.05 Å². The largest absolute Gasteiger partial charge is 0.444 e. The molecule has 0 bridgehead atoms. The van der Waals surface area contributed by atoms with E-state index in [2.05, 4.69) is 21.0 Å². The third-order valence-electron chi connectivity index (χ3n) is 2.81. The van der Waals surface area contributed by atoms with Gasteiger partial charge in [-0.25, -0.2) is 4.79 Å². The van der Waals surface area contributed by atoms with Crippen LogP contribution in [-0.4, -0.2) is 45.6 Å². The summed E-state index contributed by atoms with van der Waals surface area (Å²) in [5, 5.41) is 4.28. The van der Waals surface area contributed by atoms with Gasteiger partial charge in [-0.1, -0.05) is 0 Å². The monoisotopic (exact) mass is 345 g/mol. The molecule has 1 amide bonds. The highest BCUT2D eigenvalue weighted by Gasteiger charge is 2.34. The van der Waals surface area contributed by atoms with Crippen LogP contribution < -0.4 is 0 Å². The summed E-state index contributed by atoms with van der Waals surface area (Å²) in [6, 6.07) is 0. The lowest BCUT2D eigenvalue weighted by Gasteiger charge is -2.39. The fraction of sp³-hybridized carbons (Fsp3) is 0.692. The third-order valence-corrected chi connectivity index (χ3v) is 3.47. The standard InChI is InChI=1S/C13H20BrN3O3/c1-13(2,3)20-12(18)17-5-9(6-17)19-8-11-10(14)7-16(4)15-11/h7,9H,5-6,8H2,1-4H3. The fourth-order valence-electron chi connectivity index (χ4n) is 1.82. The van der Waals surface area contributed by atoms with E-state index in [1.165, 1.54) is 0 Å². The number of aryl methyl sites for hydroxylation is 1. The van der Waals surface area contributed by atoms with E-state index >= 15 is 0 Å². The summed E-state index contributed by atoms with van der Waals surface area (Å²) in [6.07, 6.45) is 1.65. The third kappa shape index (κ3) is 3.96. The minimum atomic E-state index is -0.456. The van der Waals surface area contributed by atoms with Gasteiger partial charge in [0.25, 0.3) is 0 Å². The van der Waals surface area contributed by atoms with Crippen molar-refractivity contribution in [1.29, 1.82) is 0 Å². The number of amides is 1. The quantitative estimate of drug-likeness (QED) is 0.843. The summed E-state index contributed by atoms with van der Waals surface area (Å²) in [4.78, 5) is 13.4. The second-order valence-electron chi connectivity index (χ2n) is 5.92. The molecule has 0 aromatic carbocycles. The number of carbonyl (C=O) groups is 1. The second-order valence-corrected chi connectivity index (χ2v) is 6.77. The molecule has 0 spiro atoms. The Labute approximate surface area is 127 Å². The summed E-state index contributed by atoms with van der Waals surface area (Å²) < 4.78 is 13.7. The maximum Gasteiger partial charge on any atom is 0.410 e. The van der Waals surface area contributed by atoms with Gasteiger partial charge in [0, 0.05) is 13.2 Å². The minimum absolute atomic E-state index is 0.0522. The van der Waals surface area contributed by atoms with Gasteiger partial charge in [-0.15, -0.1) is 0 Å². The molecule has 1 aliphatic rings. The van der Waals surface area contributed by atoms with E-state index in [9.17, 15) is 4.79 Å². The lowest BCUT2D eigenvalue weighted by atomic mass is 10.2. The van der Waals surface area contributed by atoms with Crippen molar-refractivity contribution in [1.82, 2.24) is 14.7 Å². The Kier molecular flexibility index (Phi) is 4.39. The second kappa shape index (κ2) is 5.73. The lowest BCUT2D eigenvalue weighted by Crippen LogP contribution is -2.55. The van der Waals surface area contributed by atoms with E-state index in [0.717, 1.165) is 10.2 Å². The molecule has 112 valence electrons. The molecule has 2 heterocycles. The van der Waals surface area contributed by atoms with Crippen LogP contribution in [0.1, 0.15) is 26.5 Å². The van der Waals surface area contributed by atoms with Crippen LogP contribution in [-0.2, 0) is 23.1 Å². The summed E-state index contributed by atoms with van der Waals surface area (Å²) in [6.45, 7) is 7.15. The Hall–Kier alpha value is -1.08. The van der Waals surface area contributed by atoms with Crippen molar-refractivity contribution in [2.75, 3.05) is 13.1 Å². The Balaban J connectivity index is 1.72. The van der Waals surface area contributed by atoms with Crippen LogP contribution in [0.3, 0.4) is 0 Å². The highest BCUT2D eigenvalue weighted by atomic mass is 79.9. The zero-order valence-corrected chi connectivity index (χ0v) is 13.8. The van der Waals surface area contributed by atoms with Crippen molar-refractivity contribution in [3.8, 4) is 0 Å². The van der Waals surface area contributed by atoms with Crippen molar-refractivity contribution in [2.45, 2.75) is 39.1 Å². The number of nitrogens with zero attached hydrogens (tertiary/aromatic N) is 3. The number of ether oxygens (including phenoxy) is 2. The predicted molar refractivity (Wildman–Crippen MR) is 77.3 cm³/mol. The molecule has 0 saturated carbocycles. The predicted octanol–water partition coefficient (Wildman–Crippen LogP) is 2.32.